The number of nitrogens with one attached hydrogen (secondary N) is 1. The number of rotatable bonds is 5. The molecule has 0 aliphatic carbocycles. The number of thioether (sulfide) groups is 1. The molecule has 1 aromatic heterocycles. The molecule has 0 radical (unpaired) electrons. The van der Waals surface area contributed by atoms with Crippen LogP contribution in [0.1, 0.15) is 19.3 Å². The molecule has 4 nitrogen and oxygen atoms in total. The number of carbonyl (C=O) groups is 1. The van der Waals surface area contributed by atoms with E-state index < -0.39 is 0 Å². The van der Waals surface area contributed by atoms with E-state index >= 15 is 0 Å². The first-order valence-electron chi connectivity index (χ1n) is 9.02. The van der Waals surface area contributed by atoms with Gasteiger partial charge in [0.05, 0.1) is 27.3 Å². The van der Waals surface area contributed by atoms with Crippen LogP contribution >= 0.6 is 34.7 Å². The topological polar surface area (TPSA) is 45.2 Å². The van der Waals surface area contributed by atoms with Crippen LogP contribution in [0.5, 0.6) is 0 Å². The number of anilines is 2. The Morgan fingerprint density at radius 1 is 1.19 bits per heavy atom. The van der Waals surface area contributed by atoms with E-state index in [2.05, 4.69) is 15.2 Å². The number of piperidine rings is 1. The summed E-state index contributed by atoms with van der Waals surface area (Å²) in [6.45, 7) is 2.04. The Kier molecular flexibility index (Phi) is 5.86. The van der Waals surface area contributed by atoms with Crippen LogP contribution in [0.15, 0.2) is 46.8 Å². The lowest BCUT2D eigenvalue weighted by atomic mass is 10.1. The van der Waals surface area contributed by atoms with Gasteiger partial charge in [0.2, 0.25) is 5.91 Å². The van der Waals surface area contributed by atoms with Crippen LogP contribution in [-0.4, -0.2) is 29.7 Å². The lowest BCUT2D eigenvalue weighted by Gasteiger charge is -2.30. The highest BCUT2D eigenvalue weighted by Gasteiger charge is 2.17. The van der Waals surface area contributed by atoms with E-state index in [1.165, 1.54) is 31.0 Å². The van der Waals surface area contributed by atoms with E-state index in [0.29, 0.717) is 10.8 Å². The number of amides is 1. The third-order valence-corrected chi connectivity index (χ3v) is 6.94. The van der Waals surface area contributed by atoms with Crippen molar-refractivity contribution in [3.63, 3.8) is 0 Å². The fourth-order valence-corrected chi connectivity index (χ4v) is 5.29. The van der Waals surface area contributed by atoms with E-state index in [9.17, 15) is 4.79 Å². The first-order chi connectivity index (χ1) is 13.2. The van der Waals surface area contributed by atoms with Crippen molar-refractivity contribution in [1.82, 2.24) is 4.98 Å². The fraction of sp³-hybridized carbons (Fsp3) is 0.300. The summed E-state index contributed by atoms with van der Waals surface area (Å²) < 4.78 is 2.05. The Balaban J connectivity index is 1.43. The third-order valence-electron chi connectivity index (χ3n) is 4.53. The highest BCUT2D eigenvalue weighted by molar-refractivity contribution is 8.01. The van der Waals surface area contributed by atoms with Crippen molar-refractivity contribution in [2.75, 3.05) is 29.1 Å². The van der Waals surface area contributed by atoms with E-state index in [1.807, 2.05) is 42.5 Å². The number of thiazole rings is 1. The Morgan fingerprint density at radius 3 is 2.81 bits per heavy atom. The SMILES string of the molecule is O=C(CSc1nc2ccccc2s1)Nc1cc(Cl)ccc1N1CCCCC1. The second-order valence-corrected chi connectivity index (χ2v) is 9.18. The molecule has 2 heterocycles. The van der Waals surface area contributed by atoms with Gasteiger partial charge in [0.1, 0.15) is 0 Å². The molecule has 0 saturated carbocycles. The molecule has 3 aromatic rings. The van der Waals surface area contributed by atoms with Crippen LogP contribution in [0.2, 0.25) is 5.02 Å². The normalized spacial score (nSPS) is 14.5. The first kappa shape index (κ1) is 18.6. The predicted molar refractivity (Wildman–Crippen MR) is 116 cm³/mol. The molecule has 1 aliphatic heterocycles. The zero-order valence-electron chi connectivity index (χ0n) is 14.8. The minimum absolute atomic E-state index is 0.0419. The molecular formula is C20H20ClN3OS2. The van der Waals surface area contributed by atoms with E-state index in [0.717, 1.165) is 39.0 Å². The minimum atomic E-state index is -0.0419. The van der Waals surface area contributed by atoms with E-state index in [1.54, 1.807) is 11.3 Å². The standard InChI is InChI=1S/C20H20ClN3OS2/c21-14-8-9-17(24-10-4-1-5-11-24)16(12-14)22-19(25)13-26-20-23-15-6-2-3-7-18(15)27-20/h2-3,6-9,12H,1,4-5,10-11,13H2,(H,22,25). The van der Waals surface area contributed by atoms with Gasteiger partial charge >= 0.3 is 0 Å². The maximum Gasteiger partial charge on any atom is 0.234 e. The van der Waals surface area contributed by atoms with Gasteiger partial charge in [-0.3, -0.25) is 4.79 Å². The lowest BCUT2D eigenvalue weighted by Crippen LogP contribution is -2.30. The van der Waals surface area contributed by atoms with Crippen molar-refractivity contribution in [3.05, 3.63) is 47.5 Å². The highest BCUT2D eigenvalue weighted by Crippen LogP contribution is 2.32. The molecule has 4 rings (SSSR count). The van der Waals surface area contributed by atoms with Crippen LogP contribution in [0, 0.1) is 0 Å². The molecule has 2 aromatic carbocycles. The summed E-state index contributed by atoms with van der Waals surface area (Å²) in [6.07, 6.45) is 3.64. The maximum absolute atomic E-state index is 12.5. The second kappa shape index (κ2) is 8.50. The van der Waals surface area contributed by atoms with Crippen LogP contribution in [0.25, 0.3) is 10.2 Å². The average Bonchev–Trinajstić information content (AvgIpc) is 3.10. The number of carbonyl (C=O) groups excluding carboxylic acids is 1. The van der Waals surface area contributed by atoms with Crippen LogP contribution in [-0.2, 0) is 4.79 Å². The first-order valence-corrected chi connectivity index (χ1v) is 11.2. The minimum Gasteiger partial charge on any atom is -0.370 e. The number of halogens is 1. The van der Waals surface area contributed by atoms with Gasteiger partial charge in [-0.15, -0.1) is 11.3 Å². The second-order valence-electron chi connectivity index (χ2n) is 6.49. The molecule has 1 aliphatic rings. The van der Waals surface area contributed by atoms with Crippen molar-refractivity contribution in [1.29, 1.82) is 0 Å². The van der Waals surface area contributed by atoms with Crippen LogP contribution < -0.4 is 10.2 Å². The quantitative estimate of drug-likeness (QED) is 0.543. The van der Waals surface area contributed by atoms with Crippen molar-refractivity contribution in [3.8, 4) is 0 Å². The summed E-state index contributed by atoms with van der Waals surface area (Å²) in [6, 6.07) is 13.8. The molecule has 0 unspecified atom stereocenters. The molecule has 140 valence electrons. The van der Waals surface area contributed by atoms with Gasteiger partial charge in [-0.2, -0.15) is 0 Å². The number of fused-ring (bicyclic) bond motifs is 1. The zero-order chi connectivity index (χ0) is 18.6. The summed E-state index contributed by atoms with van der Waals surface area (Å²) in [5.74, 6) is 0.283. The molecule has 0 spiro atoms. The molecule has 1 saturated heterocycles. The Labute approximate surface area is 171 Å². The summed E-state index contributed by atoms with van der Waals surface area (Å²) in [5, 5.41) is 3.67. The average molecular weight is 418 g/mol. The Bertz CT molecular complexity index is 920. The zero-order valence-corrected chi connectivity index (χ0v) is 17.2. The van der Waals surface area contributed by atoms with Crippen LogP contribution in [0.3, 0.4) is 0 Å². The number of hydrogen-bond donors (Lipinski definition) is 1. The molecule has 1 N–H and O–H groups in total. The van der Waals surface area contributed by atoms with E-state index in [4.69, 9.17) is 11.6 Å². The highest BCUT2D eigenvalue weighted by atomic mass is 35.5. The number of nitrogens with zero attached hydrogens (tertiary/aromatic N) is 2. The number of aromatic nitrogens is 1. The fourth-order valence-electron chi connectivity index (χ4n) is 3.25. The van der Waals surface area contributed by atoms with Gasteiger partial charge in [0.25, 0.3) is 0 Å². The van der Waals surface area contributed by atoms with Crippen molar-refractivity contribution < 1.29 is 4.79 Å². The molecule has 0 atom stereocenters. The number of benzene rings is 2. The van der Waals surface area contributed by atoms with Gasteiger partial charge in [0.15, 0.2) is 4.34 Å². The van der Waals surface area contributed by atoms with Crippen molar-refractivity contribution in [2.45, 2.75) is 23.6 Å². The molecule has 1 amide bonds. The lowest BCUT2D eigenvalue weighted by molar-refractivity contribution is -0.113. The van der Waals surface area contributed by atoms with Gasteiger partial charge in [-0.25, -0.2) is 4.98 Å². The molecule has 0 bridgehead atoms. The van der Waals surface area contributed by atoms with Crippen molar-refractivity contribution >= 4 is 62.2 Å². The summed E-state index contributed by atoms with van der Waals surface area (Å²) in [5.41, 5.74) is 2.82. The molecule has 27 heavy (non-hydrogen) atoms. The monoisotopic (exact) mass is 417 g/mol. The summed E-state index contributed by atoms with van der Waals surface area (Å²) >= 11 is 9.26. The summed E-state index contributed by atoms with van der Waals surface area (Å²) in [7, 11) is 0. The largest absolute Gasteiger partial charge is 0.370 e. The molecule has 7 heteroatoms. The third kappa shape index (κ3) is 4.57. The van der Waals surface area contributed by atoms with Gasteiger partial charge in [-0.05, 0) is 49.6 Å². The number of para-hydroxylation sites is 1. The Morgan fingerprint density at radius 2 is 2.00 bits per heavy atom. The van der Waals surface area contributed by atoms with E-state index in [-0.39, 0.29) is 5.91 Å². The van der Waals surface area contributed by atoms with Gasteiger partial charge < -0.3 is 10.2 Å². The maximum atomic E-state index is 12.5. The predicted octanol–water partition coefficient (Wildman–Crippen LogP) is 5.67. The molecular weight excluding hydrogens is 398 g/mol. The summed E-state index contributed by atoms with van der Waals surface area (Å²) in [4.78, 5) is 19.4. The van der Waals surface area contributed by atoms with Gasteiger partial charge in [-0.1, -0.05) is 35.5 Å². The van der Waals surface area contributed by atoms with Crippen LogP contribution in [0.4, 0.5) is 11.4 Å². The number of hydrogen-bond acceptors (Lipinski definition) is 5. The molecule has 1 fully saturated rings. The Hall–Kier alpha value is -1.76. The van der Waals surface area contributed by atoms with Crippen molar-refractivity contribution in [2.24, 2.45) is 0 Å². The smallest absolute Gasteiger partial charge is 0.234 e. The van der Waals surface area contributed by atoms with Gasteiger partial charge in [0, 0.05) is 18.1 Å².